The number of hydrogen-bond acceptors (Lipinski definition) is 4. The van der Waals surface area contributed by atoms with E-state index in [9.17, 15) is 4.39 Å². The number of ether oxygens (including phenoxy) is 2. The average molecular weight is 374 g/mol. The van der Waals surface area contributed by atoms with Gasteiger partial charge in [-0.05, 0) is 36.6 Å². The van der Waals surface area contributed by atoms with Gasteiger partial charge in [-0.15, -0.1) is 0 Å². The van der Waals surface area contributed by atoms with E-state index in [1.165, 1.54) is 6.07 Å². The highest BCUT2D eigenvalue weighted by Crippen LogP contribution is 2.08. The Bertz CT molecular complexity index is 707. The zero-order valence-corrected chi connectivity index (χ0v) is 15.9. The lowest BCUT2D eigenvalue weighted by atomic mass is 10.1. The van der Waals surface area contributed by atoms with Crippen LogP contribution in [0.2, 0.25) is 0 Å². The van der Waals surface area contributed by atoms with Crippen molar-refractivity contribution in [3.8, 4) is 5.88 Å². The van der Waals surface area contributed by atoms with Gasteiger partial charge >= 0.3 is 0 Å². The van der Waals surface area contributed by atoms with Gasteiger partial charge in [0.05, 0.1) is 13.2 Å². The summed E-state index contributed by atoms with van der Waals surface area (Å²) < 4.78 is 23.6. The van der Waals surface area contributed by atoms with Gasteiger partial charge in [-0.1, -0.05) is 18.2 Å². The predicted molar refractivity (Wildman–Crippen MR) is 105 cm³/mol. The molecule has 2 N–H and O–H groups in total. The van der Waals surface area contributed by atoms with Crippen LogP contribution in [0.25, 0.3) is 0 Å². The Kier molecular flexibility index (Phi) is 9.06. The Labute approximate surface area is 159 Å². The van der Waals surface area contributed by atoms with E-state index in [1.54, 1.807) is 25.4 Å². The van der Waals surface area contributed by atoms with Crippen molar-refractivity contribution in [3.63, 3.8) is 0 Å². The van der Waals surface area contributed by atoms with Crippen molar-refractivity contribution >= 4 is 5.96 Å². The smallest absolute Gasteiger partial charge is 0.213 e. The number of pyridine rings is 1. The molecule has 7 heteroatoms. The summed E-state index contributed by atoms with van der Waals surface area (Å²) in [5.74, 6) is 1.07. The molecule has 0 aliphatic rings. The van der Waals surface area contributed by atoms with Crippen LogP contribution in [0.3, 0.4) is 0 Å². The van der Waals surface area contributed by atoms with Gasteiger partial charge in [0.2, 0.25) is 5.88 Å². The zero-order chi connectivity index (χ0) is 19.3. The average Bonchev–Trinajstić information content (AvgIpc) is 2.67. The minimum Gasteiger partial charge on any atom is -0.475 e. The summed E-state index contributed by atoms with van der Waals surface area (Å²) in [6.45, 7) is 4.94. The van der Waals surface area contributed by atoms with Crippen LogP contribution in [0.5, 0.6) is 5.88 Å². The summed E-state index contributed by atoms with van der Waals surface area (Å²) in [7, 11) is 1.63. The molecule has 146 valence electrons. The molecular weight excluding hydrogens is 347 g/mol. The van der Waals surface area contributed by atoms with Crippen LogP contribution in [-0.4, -0.2) is 44.4 Å². The molecule has 0 bridgehead atoms. The number of halogens is 1. The fourth-order valence-corrected chi connectivity index (χ4v) is 2.35. The monoisotopic (exact) mass is 374 g/mol. The summed E-state index contributed by atoms with van der Waals surface area (Å²) in [5.41, 5.74) is 1.93. The lowest BCUT2D eigenvalue weighted by Gasteiger charge is -2.11. The fraction of sp³-hybridized carbons (Fsp3) is 0.400. The molecule has 1 aromatic heterocycles. The molecule has 1 heterocycles. The van der Waals surface area contributed by atoms with Gasteiger partial charge in [-0.25, -0.2) is 14.4 Å². The molecule has 0 amide bonds. The minimum absolute atomic E-state index is 0.213. The van der Waals surface area contributed by atoms with Gasteiger partial charge in [0.15, 0.2) is 5.96 Å². The van der Waals surface area contributed by atoms with Crippen LogP contribution in [0.4, 0.5) is 4.39 Å². The van der Waals surface area contributed by atoms with Crippen LogP contribution in [0, 0.1) is 5.82 Å². The molecule has 0 radical (unpaired) electrons. The van der Waals surface area contributed by atoms with Crippen LogP contribution < -0.4 is 15.4 Å². The van der Waals surface area contributed by atoms with E-state index in [4.69, 9.17) is 9.47 Å². The first-order valence-corrected chi connectivity index (χ1v) is 9.04. The highest BCUT2D eigenvalue weighted by atomic mass is 19.1. The molecule has 0 saturated heterocycles. The first kappa shape index (κ1) is 20.6. The van der Waals surface area contributed by atoms with E-state index in [0.717, 1.165) is 24.1 Å². The number of nitrogens with one attached hydrogen (secondary N) is 2. The van der Waals surface area contributed by atoms with E-state index >= 15 is 0 Å². The normalized spacial score (nSPS) is 11.3. The van der Waals surface area contributed by atoms with Crippen molar-refractivity contribution in [2.75, 3.05) is 33.4 Å². The Balaban J connectivity index is 1.83. The number of nitrogens with zero attached hydrogens (tertiary/aromatic N) is 2. The summed E-state index contributed by atoms with van der Waals surface area (Å²) in [6.07, 6.45) is 2.47. The molecule has 0 aliphatic carbocycles. The third-order valence-electron chi connectivity index (χ3n) is 3.69. The highest BCUT2D eigenvalue weighted by molar-refractivity contribution is 5.79. The van der Waals surface area contributed by atoms with E-state index in [2.05, 4.69) is 20.6 Å². The number of aliphatic imine (C=N–C) groups is 1. The molecule has 0 unspecified atom stereocenters. The molecule has 27 heavy (non-hydrogen) atoms. The summed E-state index contributed by atoms with van der Waals surface area (Å²) in [4.78, 5) is 8.82. The largest absolute Gasteiger partial charge is 0.475 e. The van der Waals surface area contributed by atoms with E-state index in [0.29, 0.717) is 38.1 Å². The molecule has 2 aromatic rings. The zero-order valence-electron chi connectivity index (χ0n) is 15.9. The lowest BCUT2D eigenvalue weighted by Crippen LogP contribution is -2.38. The topological polar surface area (TPSA) is 67.8 Å². The van der Waals surface area contributed by atoms with Gasteiger partial charge in [-0.3, -0.25) is 0 Å². The van der Waals surface area contributed by atoms with Crippen LogP contribution in [-0.2, 0) is 17.7 Å². The second-order valence-corrected chi connectivity index (χ2v) is 5.85. The number of methoxy groups -OCH3 is 1. The minimum atomic E-state index is -0.213. The third-order valence-corrected chi connectivity index (χ3v) is 3.69. The summed E-state index contributed by atoms with van der Waals surface area (Å²) >= 11 is 0. The number of guanidine groups is 1. The maximum absolute atomic E-state index is 13.2. The molecule has 0 fully saturated rings. The van der Waals surface area contributed by atoms with E-state index < -0.39 is 0 Å². The fourth-order valence-electron chi connectivity index (χ4n) is 2.35. The second-order valence-electron chi connectivity index (χ2n) is 5.85. The number of rotatable bonds is 10. The molecule has 0 atom stereocenters. The molecular formula is C20H27FN4O2. The highest BCUT2D eigenvalue weighted by Gasteiger charge is 2.01. The standard InChI is InChI=1S/C20H27FN4O2/c1-3-22-20(23-10-9-16-5-4-6-18(21)13-16)25-15-17-7-8-19(24-14-17)27-12-11-26-2/h4-8,13-14H,3,9-12,15H2,1-2H3,(H2,22,23,25). The van der Waals surface area contributed by atoms with Gasteiger partial charge in [0.1, 0.15) is 12.4 Å². The predicted octanol–water partition coefficient (Wildman–Crippen LogP) is 2.54. The lowest BCUT2D eigenvalue weighted by molar-refractivity contribution is 0.143. The third kappa shape index (κ3) is 8.04. The Hall–Kier alpha value is -2.67. The quantitative estimate of drug-likeness (QED) is 0.380. The van der Waals surface area contributed by atoms with Gasteiger partial charge in [0.25, 0.3) is 0 Å². The van der Waals surface area contributed by atoms with Crippen molar-refractivity contribution in [2.45, 2.75) is 19.9 Å². The maximum Gasteiger partial charge on any atom is 0.213 e. The molecule has 0 spiro atoms. The van der Waals surface area contributed by atoms with Crippen molar-refractivity contribution in [1.82, 2.24) is 15.6 Å². The first-order valence-electron chi connectivity index (χ1n) is 9.04. The Morgan fingerprint density at radius 2 is 2.04 bits per heavy atom. The van der Waals surface area contributed by atoms with Crippen molar-refractivity contribution in [1.29, 1.82) is 0 Å². The van der Waals surface area contributed by atoms with Crippen LogP contribution >= 0.6 is 0 Å². The van der Waals surface area contributed by atoms with E-state index in [-0.39, 0.29) is 5.82 Å². The first-order chi connectivity index (χ1) is 13.2. The number of hydrogen-bond donors (Lipinski definition) is 2. The van der Waals surface area contributed by atoms with Gasteiger partial charge in [-0.2, -0.15) is 0 Å². The SMILES string of the molecule is CCNC(=NCc1ccc(OCCOC)nc1)NCCc1cccc(F)c1. The summed E-state index contributed by atoms with van der Waals surface area (Å²) in [5, 5.41) is 6.46. The number of aromatic nitrogens is 1. The Morgan fingerprint density at radius 3 is 2.74 bits per heavy atom. The van der Waals surface area contributed by atoms with E-state index in [1.807, 2.05) is 25.1 Å². The molecule has 6 nitrogen and oxygen atoms in total. The second kappa shape index (κ2) is 11.9. The molecule has 2 rings (SSSR count). The molecule has 0 aliphatic heterocycles. The number of benzene rings is 1. The Morgan fingerprint density at radius 1 is 1.15 bits per heavy atom. The van der Waals surface area contributed by atoms with Crippen LogP contribution in [0.15, 0.2) is 47.6 Å². The summed E-state index contributed by atoms with van der Waals surface area (Å²) in [6, 6.07) is 10.4. The van der Waals surface area contributed by atoms with Crippen molar-refractivity contribution < 1.29 is 13.9 Å². The molecule has 0 saturated carbocycles. The maximum atomic E-state index is 13.2. The van der Waals surface area contributed by atoms with Crippen molar-refractivity contribution in [3.05, 3.63) is 59.5 Å². The van der Waals surface area contributed by atoms with Gasteiger partial charge in [0, 0.05) is 32.5 Å². The molecule has 1 aromatic carbocycles. The van der Waals surface area contributed by atoms with Gasteiger partial charge < -0.3 is 20.1 Å². The van der Waals surface area contributed by atoms with Crippen molar-refractivity contribution in [2.24, 2.45) is 4.99 Å². The van der Waals surface area contributed by atoms with Crippen LogP contribution in [0.1, 0.15) is 18.1 Å².